The number of rotatable bonds is 4. The van der Waals surface area contributed by atoms with Crippen molar-refractivity contribution in [2.75, 3.05) is 5.43 Å². The zero-order chi connectivity index (χ0) is 15.4. The summed E-state index contributed by atoms with van der Waals surface area (Å²) in [5.74, 6) is -7.83. The van der Waals surface area contributed by atoms with Gasteiger partial charge < -0.3 is 0 Å². The lowest BCUT2D eigenvalue weighted by atomic mass is 10.2. The normalized spacial score (nSPS) is 10.2. The molecule has 9 heteroatoms. The predicted octanol–water partition coefficient (Wildman–Crippen LogP) is 3.17. The minimum atomic E-state index is -2.12. The molecule has 0 fully saturated rings. The van der Waals surface area contributed by atoms with Crippen LogP contribution in [-0.4, -0.2) is 5.91 Å². The molecule has 1 amide bonds. The number of carbonyl (C=O) groups excluding carboxylic acids is 1. The zero-order valence-electron chi connectivity index (χ0n) is 9.96. The van der Waals surface area contributed by atoms with Crippen LogP contribution in [0.15, 0.2) is 12.2 Å². The largest absolute Gasteiger partial charge is 0.293 e. The van der Waals surface area contributed by atoms with Crippen LogP contribution in [-0.2, 0) is 4.79 Å². The quantitative estimate of drug-likeness (QED) is 0.509. The first kappa shape index (κ1) is 15.9. The third-order valence-corrected chi connectivity index (χ3v) is 2.25. The fourth-order valence-electron chi connectivity index (χ4n) is 1.20. The Hall–Kier alpha value is -2.19. The Labute approximate surface area is 109 Å². The molecule has 0 aliphatic rings. The van der Waals surface area contributed by atoms with Crippen LogP contribution in [0.3, 0.4) is 0 Å². The minimum Gasteiger partial charge on any atom is -0.293 e. The SMILES string of the molecule is Cc1c(F)c(F)c(NNC(=O)CC=C(F)F)c(F)c1F. The van der Waals surface area contributed by atoms with E-state index in [4.69, 9.17) is 0 Å². The van der Waals surface area contributed by atoms with E-state index in [-0.39, 0.29) is 6.08 Å². The molecule has 0 heterocycles. The van der Waals surface area contributed by atoms with E-state index >= 15 is 0 Å². The van der Waals surface area contributed by atoms with Crippen LogP contribution in [0.25, 0.3) is 0 Å². The molecular weight excluding hydrogens is 290 g/mol. The monoisotopic (exact) mass is 298 g/mol. The van der Waals surface area contributed by atoms with E-state index in [0.717, 1.165) is 6.92 Å². The van der Waals surface area contributed by atoms with E-state index in [9.17, 15) is 31.1 Å². The molecule has 1 rings (SSSR count). The van der Waals surface area contributed by atoms with Gasteiger partial charge in [-0.3, -0.25) is 15.6 Å². The van der Waals surface area contributed by atoms with Gasteiger partial charge in [-0.15, -0.1) is 0 Å². The van der Waals surface area contributed by atoms with Crippen molar-refractivity contribution in [3.05, 3.63) is 41.0 Å². The third kappa shape index (κ3) is 3.43. The van der Waals surface area contributed by atoms with Gasteiger partial charge in [-0.05, 0) is 13.0 Å². The maximum absolute atomic E-state index is 13.3. The molecule has 0 saturated carbocycles. The first-order valence-electron chi connectivity index (χ1n) is 5.14. The summed E-state index contributed by atoms with van der Waals surface area (Å²) in [6, 6.07) is 0. The highest BCUT2D eigenvalue weighted by molar-refractivity contribution is 5.78. The highest BCUT2D eigenvalue weighted by Gasteiger charge is 2.23. The second-order valence-corrected chi connectivity index (χ2v) is 3.63. The summed E-state index contributed by atoms with van der Waals surface area (Å²) < 4.78 is 76.4. The Bertz CT molecular complexity index is 540. The van der Waals surface area contributed by atoms with Crippen molar-refractivity contribution in [3.8, 4) is 0 Å². The van der Waals surface area contributed by atoms with Crippen molar-refractivity contribution in [1.29, 1.82) is 0 Å². The van der Waals surface area contributed by atoms with E-state index in [1.165, 1.54) is 0 Å². The van der Waals surface area contributed by atoms with E-state index in [0.29, 0.717) is 0 Å². The fourth-order valence-corrected chi connectivity index (χ4v) is 1.20. The highest BCUT2D eigenvalue weighted by Crippen LogP contribution is 2.26. The fraction of sp³-hybridized carbons (Fsp3) is 0.182. The van der Waals surface area contributed by atoms with Crippen LogP contribution in [0.2, 0.25) is 0 Å². The van der Waals surface area contributed by atoms with Crippen LogP contribution in [0, 0.1) is 30.2 Å². The van der Waals surface area contributed by atoms with Crippen LogP contribution >= 0.6 is 0 Å². The molecule has 0 spiro atoms. The number of hydrazine groups is 1. The molecule has 0 aliphatic carbocycles. The lowest BCUT2D eigenvalue weighted by Crippen LogP contribution is -2.30. The molecular formula is C11H8F6N2O. The van der Waals surface area contributed by atoms with E-state index in [1.54, 1.807) is 10.9 Å². The molecule has 0 radical (unpaired) electrons. The number of nitrogens with one attached hydrogen (secondary N) is 2. The molecule has 2 N–H and O–H groups in total. The molecule has 0 atom stereocenters. The molecule has 1 aromatic carbocycles. The second kappa shape index (κ2) is 6.31. The lowest BCUT2D eigenvalue weighted by Gasteiger charge is -2.12. The summed E-state index contributed by atoms with van der Waals surface area (Å²) in [5.41, 5.74) is 1.12. The van der Waals surface area contributed by atoms with Gasteiger partial charge in [0.05, 0.1) is 6.42 Å². The van der Waals surface area contributed by atoms with Crippen molar-refractivity contribution in [2.45, 2.75) is 13.3 Å². The topological polar surface area (TPSA) is 41.1 Å². The van der Waals surface area contributed by atoms with Gasteiger partial charge in [0.15, 0.2) is 23.3 Å². The van der Waals surface area contributed by atoms with Crippen molar-refractivity contribution in [3.63, 3.8) is 0 Å². The van der Waals surface area contributed by atoms with Gasteiger partial charge in [-0.1, -0.05) is 0 Å². The lowest BCUT2D eigenvalue weighted by molar-refractivity contribution is -0.119. The summed E-state index contributed by atoms with van der Waals surface area (Å²) in [5, 5.41) is 0. The summed E-state index contributed by atoms with van der Waals surface area (Å²) in [4.78, 5) is 11.0. The first-order chi connectivity index (χ1) is 9.25. The third-order valence-electron chi connectivity index (χ3n) is 2.25. The van der Waals surface area contributed by atoms with Gasteiger partial charge in [-0.25, -0.2) is 17.6 Å². The summed E-state index contributed by atoms with van der Waals surface area (Å²) in [6.07, 6.45) is -2.65. The number of halogens is 6. The Morgan fingerprint density at radius 1 is 1.05 bits per heavy atom. The van der Waals surface area contributed by atoms with Gasteiger partial charge in [0, 0.05) is 5.56 Å². The standard InChI is InChI=1S/C11H8F6N2O/c1-4-7(14)9(16)11(10(17)8(4)15)19-18-6(20)3-2-5(12)13/h2,19H,3H2,1H3,(H,18,20). The highest BCUT2D eigenvalue weighted by atomic mass is 19.3. The van der Waals surface area contributed by atoms with E-state index < -0.39 is 52.9 Å². The molecule has 1 aromatic rings. The maximum Gasteiger partial charge on any atom is 0.266 e. The smallest absolute Gasteiger partial charge is 0.266 e. The van der Waals surface area contributed by atoms with E-state index in [1.807, 2.05) is 0 Å². The number of hydrogen-bond acceptors (Lipinski definition) is 2. The van der Waals surface area contributed by atoms with Crippen LogP contribution in [0.1, 0.15) is 12.0 Å². The summed E-state index contributed by atoms with van der Waals surface area (Å²) in [6.45, 7) is 0.827. The van der Waals surface area contributed by atoms with Crippen LogP contribution in [0.4, 0.5) is 32.0 Å². The Balaban J connectivity index is 2.89. The number of hydrogen-bond donors (Lipinski definition) is 2. The van der Waals surface area contributed by atoms with Crippen molar-refractivity contribution < 1.29 is 31.1 Å². The Morgan fingerprint density at radius 3 is 2.00 bits per heavy atom. The molecule has 20 heavy (non-hydrogen) atoms. The van der Waals surface area contributed by atoms with Crippen molar-refractivity contribution >= 4 is 11.6 Å². The predicted molar refractivity (Wildman–Crippen MR) is 57.7 cm³/mol. The van der Waals surface area contributed by atoms with Crippen LogP contribution in [0.5, 0.6) is 0 Å². The van der Waals surface area contributed by atoms with Gasteiger partial charge >= 0.3 is 0 Å². The number of carbonyl (C=O) groups is 1. The molecule has 0 saturated heterocycles. The van der Waals surface area contributed by atoms with Gasteiger partial charge in [0.1, 0.15) is 5.69 Å². The average molecular weight is 298 g/mol. The average Bonchev–Trinajstić information content (AvgIpc) is 2.40. The summed E-state index contributed by atoms with van der Waals surface area (Å²) >= 11 is 0. The Morgan fingerprint density at radius 2 is 1.55 bits per heavy atom. The molecule has 0 bridgehead atoms. The molecule has 0 aromatic heterocycles. The second-order valence-electron chi connectivity index (χ2n) is 3.63. The zero-order valence-corrected chi connectivity index (χ0v) is 9.96. The van der Waals surface area contributed by atoms with Crippen LogP contribution < -0.4 is 10.9 Å². The summed E-state index contributed by atoms with van der Waals surface area (Å²) in [7, 11) is 0. The molecule has 110 valence electrons. The molecule has 0 aliphatic heterocycles. The molecule has 3 nitrogen and oxygen atoms in total. The maximum atomic E-state index is 13.3. The van der Waals surface area contributed by atoms with Crippen molar-refractivity contribution in [1.82, 2.24) is 5.43 Å². The minimum absolute atomic E-state index is 0.250. The van der Waals surface area contributed by atoms with Gasteiger partial charge in [0.25, 0.3) is 6.08 Å². The first-order valence-corrected chi connectivity index (χ1v) is 5.14. The van der Waals surface area contributed by atoms with E-state index in [2.05, 4.69) is 0 Å². The van der Waals surface area contributed by atoms with Gasteiger partial charge in [0.2, 0.25) is 5.91 Å². The molecule has 0 unspecified atom stereocenters. The number of anilines is 1. The Kier molecular flexibility index (Phi) is 5.00. The van der Waals surface area contributed by atoms with Gasteiger partial charge in [-0.2, -0.15) is 8.78 Å². The number of amides is 1. The number of benzene rings is 1. The van der Waals surface area contributed by atoms with Crippen molar-refractivity contribution in [2.24, 2.45) is 0 Å².